The predicted molar refractivity (Wildman–Crippen MR) is 130 cm³/mol. The molecule has 180 valence electrons. The highest BCUT2D eigenvalue weighted by Gasteiger charge is 2.22. The van der Waals surface area contributed by atoms with Crippen LogP contribution in [0.5, 0.6) is 0 Å². The second-order valence-corrected chi connectivity index (χ2v) is 8.63. The summed E-state index contributed by atoms with van der Waals surface area (Å²) in [5.74, 6) is 0.139. The molecule has 2 amide bonds. The molecule has 0 heterocycles. The Bertz CT molecular complexity index is 468. The number of hydrogen-bond donors (Lipinski definition) is 3. The van der Waals surface area contributed by atoms with Crippen LogP contribution in [-0.2, 0) is 9.59 Å². The van der Waals surface area contributed by atoms with Crippen molar-refractivity contribution in [3.63, 3.8) is 0 Å². The SMILES string of the molecule is C=CCCCCCC(=O)NCC(C)N(CC(C)O)C(C)CNC(=O)CCCCCC=C. The summed E-state index contributed by atoms with van der Waals surface area (Å²) in [6.45, 7) is 14.8. The zero-order valence-corrected chi connectivity index (χ0v) is 20.2. The number of allylic oxidation sites excluding steroid dienone is 2. The summed E-state index contributed by atoms with van der Waals surface area (Å²) < 4.78 is 0. The molecule has 3 atom stereocenters. The van der Waals surface area contributed by atoms with Crippen LogP contribution in [0.1, 0.15) is 85.0 Å². The standard InChI is InChI=1S/C25H47N3O3/c1-6-8-10-12-14-16-24(30)26-18-21(3)28(20-23(5)29)22(4)19-27-25(31)17-15-13-11-9-7-2/h6-7,21-23,29H,1-2,8-20H2,3-5H3,(H,26,30)(H,27,31). The summed E-state index contributed by atoms with van der Waals surface area (Å²) in [5.41, 5.74) is 0. The van der Waals surface area contributed by atoms with E-state index in [9.17, 15) is 14.7 Å². The topological polar surface area (TPSA) is 81.7 Å². The van der Waals surface area contributed by atoms with Gasteiger partial charge in [-0.25, -0.2) is 0 Å². The smallest absolute Gasteiger partial charge is 0.220 e. The molecule has 0 saturated heterocycles. The van der Waals surface area contributed by atoms with Gasteiger partial charge in [0.05, 0.1) is 6.10 Å². The van der Waals surface area contributed by atoms with E-state index in [1.54, 1.807) is 6.92 Å². The van der Waals surface area contributed by atoms with E-state index in [-0.39, 0.29) is 23.9 Å². The summed E-state index contributed by atoms with van der Waals surface area (Å²) in [7, 11) is 0. The molecule has 31 heavy (non-hydrogen) atoms. The third-order valence-corrected chi connectivity index (χ3v) is 5.42. The van der Waals surface area contributed by atoms with Crippen LogP contribution < -0.4 is 10.6 Å². The van der Waals surface area contributed by atoms with Crippen LogP contribution in [0.2, 0.25) is 0 Å². The zero-order chi connectivity index (χ0) is 23.5. The first-order valence-electron chi connectivity index (χ1n) is 12.0. The van der Waals surface area contributed by atoms with Crippen LogP contribution in [0.25, 0.3) is 0 Å². The van der Waals surface area contributed by atoms with Crippen molar-refractivity contribution < 1.29 is 14.7 Å². The molecule has 3 unspecified atom stereocenters. The number of aliphatic hydroxyl groups is 1. The molecule has 0 aromatic rings. The van der Waals surface area contributed by atoms with E-state index in [0.717, 1.165) is 51.4 Å². The molecule has 6 nitrogen and oxygen atoms in total. The number of rotatable bonds is 20. The molecule has 0 spiro atoms. The van der Waals surface area contributed by atoms with Crippen LogP contribution in [0, 0.1) is 0 Å². The number of hydrogen-bond acceptors (Lipinski definition) is 4. The minimum Gasteiger partial charge on any atom is -0.392 e. The van der Waals surface area contributed by atoms with Gasteiger partial charge in [0.25, 0.3) is 0 Å². The Balaban J connectivity index is 4.35. The lowest BCUT2D eigenvalue weighted by Gasteiger charge is -2.35. The summed E-state index contributed by atoms with van der Waals surface area (Å²) in [6, 6.07) is 0.121. The van der Waals surface area contributed by atoms with Crippen LogP contribution >= 0.6 is 0 Å². The average molecular weight is 438 g/mol. The Morgan fingerprint density at radius 1 is 0.806 bits per heavy atom. The normalized spacial score (nSPS) is 14.0. The van der Waals surface area contributed by atoms with Crippen LogP contribution in [0.4, 0.5) is 0 Å². The molecule has 0 aliphatic carbocycles. The number of nitrogens with zero attached hydrogens (tertiary/aromatic N) is 1. The maximum atomic E-state index is 12.1. The van der Waals surface area contributed by atoms with Gasteiger partial charge in [0.1, 0.15) is 0 Å². The van der Waals surface area contributed by atoms with Crippen LogP contribution in [0.3, 0.4) is 0 Å². The van der Waals surface area contributed by atoms with Crippen molar-refractivity contribution in [1.29, 1.82) is 0 Å². The number of carbonyl (C=O) groups is 2. The molecule has 0 aromatic carbocycles. The molecule has 0 saturated carbocycles. The second kappa shape index (κ2) is 19.1. The van der Waals surface area contributed by atoms with E-state index in [1.165, 1.54) is 0 Å². The first-order valence-corrected chi connectivity index (χ1v) is 12.0. The number of nitrogens with one attached hydrogen (secondary N) is 2. The molecular weight excluding hydrogens is 390 g/mol. The Labute approximate surface area is 190 Å². The fourth-order valence-electron chi connectivity index (χ4n) is 3.54. The molecule has 0 aliphatic rings. The van der Waals surface area contributed by atoms with Crippen molar-refractivity contribution in [3.05, 3.63) is 25.3 Å². The fraction of sp³-hybridized carbons (Fsp3) is 0.760. The van der Waals surface area contributed by atoms with E-state index in [0.29, 0.717) is 32.5 Å². The molecule has 0 radical (unpaired) electrons. The summed E-state index contributed by atoms with van der Waals surface area (Å²) in [6.07, 6.45) is 12.4. The van der Waals surface area contributed by atoms with E-state index in [2.05, 4.69) is 28.7 Å². The van der Waals surface area contributed by atoms with E-state index in [1.807, 2.05) is 26.0 Å². The highest BCUT2D eigenvalue weighted by molar-refractivity contribution is 5.76. The molecule has 0 aromatic heterocycles. The highest BCUT2D eigenvalue weighted by Crippen LogP contribution is 2.08. The van der Waals surface area contributed by atoms with Gasteiger partial charge in [0.15, 0.2) is 0 Å². The van der Waals surface area contributed by atoms with Crippen molar-refractivity contribution in [1.82, 2.24) is 15.5 Å². The maximum absolute atomic E-state index is 12.1. The molecular formula is C25H47N3O3. The summed E-state index contributed by atoms with van der Waals surface area (Å²) in [4.78, 5) is 26.4. The predicted octanol–water partition coefficient (Wildman–Crippen LogP) is 3.95. The van der Waals surface area contributed by atoms with Crippen molar-refractivity contribution in [3.8, 4) is 0 Å². The maximum Gasteiger partial charge on any atom is 0.220 e. The van der Waals surface area contributed by atoms with E-state index >= 15 is 0 Å². The second-order valence-electron chi connectivity index (χ2n) is 8.63. The third-order valence-electron chi connectivity index (χ3n) is 5.42. The molecule has 0 aliphatic heterocycles. The van der Waals surface area contributed by atoms with Gasteiger partial charge in [0.2, 0.25) is 11.8 Å². The highest BCUT2D eigenvalue weighted by atomic mass is 16.3. The van der Waals surface area contributed by atoms with Crippen molar-refractivity contribution in [2.75, 3.05) is 19.6 Å². The first-order chi connectivity index (χ1) is 14.8. The monoisotopic (exact) mass is 437 g/mol. The third kappa shape index (κ3) is 16.7. The number of carbonyl (C=O) groups excluding carboxylic acids is 2. The molecule has 6 heteroatoms. The Morgan fingerprint density at radius 2 is 1.23 bits per heavy atom. The lowest BCUT2D eigenvalue weighted by Crippen LogP contribution is -2.52. The first kappa shape index (κ1) is 29.3. The van der Waals surface area contributed by atoms with Gasteiger partial charge in [0, 0.05) is 44.6 Å². The minimum atomic E-state index is -0.481. The summed E-state index contributed by atoms with van der Waals surface area (Å²) >= 11 is 0. The quantitative estimate of drug-likeness (QED) is 0.199. The van der Waals surface area contributed by atoms with Gasteiger partial charge in [-0.3, -0.25) is 14.5 Å². The van der Waals surface area contributed by atoms with E-state index < -0.39 is 6.10 Å². The Hall–Kier alpha value is -1.66. The van der Waals surface area contributed by atoms with Crippen LogP contribution in [0.15, 0.2) is 25.3 Å². The minimum absolute atomic E-state index is 0.0603. The zero-order valence-electron chi connectivity index (χ0n) is 20.2. The lowest BCUT2D eigenvalue weighted by molar-refractivity contribution is -0.121. The van der Waals surface area contributed by atoms with Crippen molar-refractivity contribution in [2.24, 2.45) is 0 Å². The summed E-state index contributed by atoms with van der Waals surface area (Å²) in [5, 5.41) is 15.9. The number of aliphatic hydroxyl groups excluding tert-OH is 1. The van der Waals surface area contributed by atoms with Gasteiger partial charge in [-0.2, -0.15) is 0 Å². The van der Waals surface area contributed by atoms with Crippen molar-refractivity contribution >= 4 is 11.8 Å². The fourth-order valence-corrected chi connectivity index (χ4v) is 3.54. The lowest BCUT2D eigenvalue weighted by atomic mass is 10.1. The Kier molecular flexibility index (Phi) is 18.0. The van der Waals surface area contributed by atoms with Crippen LogP contribution in [-0.4, -0.2) is 59.6 Å². The largest absolute Gasteiger partial charge is 0.392 e. The van der Waals surface area contributed by atoms with Crippen molar-refractivity contribution in [2.45, 2.75) is 103 Å². The molecule has 0 bridgehead atoms. The molecule has 3 N–H and O–H groups in total. The number of unbranched alkanes of at least 4 members (excludes halogenated alkanes) is 6. The van der Waals surface area contributed by atoms with Gasteiger partial charge in [-0.15, -0.1) is 13.2 Å². The average Bonchev–Trinajstić information content (AvgIpc) is 2.73. The molecule has 0 fully saturated rings. The van der Waals surface area contributed by atoms with E-state index in [4.69, 9.17) is 0 Å². The van der Waals surface area contributed by atoms with Gasteiger partial charge in [-0.1, -0.05) is 25.0 Å². The Morgan fingerprint density at radius 3 is 1.58 bits per heavy atom. The van der Waals surface area contributed by atoms with Gasteiger partial charge >= 0.3 is 0 Å². The van der Waals surface area contributed by atoms with Gasteiger partial charge < -0.3 is 15.7 Å². The molecule has 0 rings (SSSR count). The van der Waals surface area contributed by atoms with Gasteiger partial charge in [-0.05, 0) is 59.3 Å². The number of amides is 2.